The van der Waals surface area contributed by atoms with Gasteiger partial charge in [0.25, 0.3) is 5.91 Å². The van der Waals surface area contributed by atoms with Gasteiger partial charge in [0.15, 0.2) is 0 Å². The summed E-state index contributed by atoms with van der Waals surface area (Å²) in [7, 11) is 0. The number of hydrogen-bond donors (Lipinski definition) is 1. The fraction of sp³-hybridized carbons (Fsp3) is 0.833. The van der Waals surface area contributed by atoms with Gasteiger partial charge in [-0.05, 0) is 46.7 Å². The maximum Gasteiger partial charge on any atom is 0.437 e. The van der Waals surface area contributed by atoms with Crippen LogP contribution in [0.2, 0.25) is 0 Å². The summed E-state index contributed by atoms with van der Waals surface area (Å²) in [5, 5.41) is 6.71. The number of carbonyl (C=O) groups excluding carboxylic acids is 2. The fourth-order valence-electron chi connectivity index (χ4n) is 1.70. The molecule has 1 fully saturated rings. The molecule has 0 aliphatic carbocycles. The van der Waals surface area contributed by atoms with E-state index in [0.29, 0.717) is 12.8 Å². The summed E-state index contributed by atoms with van der Waals surface area (Å²) in [4.78, 5) is 23.3. The van der Waals surface area contributed by atoms with Crippen molar-refractivity contribution >= 4 is 12.0 Å². The molecular weight excluding hydrogens is 220 g/mol. The molecule has 0 unspecified atom stereocenters. The summed E-state index contributed by atoms with van der Waals surface area (Å²) in [6.45, 7) is 8.66. The summed E-state index contributed by atoms with van der Waals surface area (Å²) in [5.74, 6) is -0.367. The van der Waals surface area contributed by atoms with Gasteiger partial charge in [-0.1, -0.05) is 6.92 Å². The van der Waals surface area contributed by atoms with E-state index in [0.717, 1.165) is 13.1 Å². The second-order valence-corrected chi connectivity index (χ2v) is 5.71. The minimum absolute atomic E-state index is 0.367. The van der Waals surface area contributed by atoms with E-state index in [-0.39, 0.29) is 5.91 Å². The van der Waals surface area contributed by atoms with E-state index in [4.69, 9.17) is 4.74 Å². The third-order valence-electron chi connectivity index (χ3n) is 2.81. The van der Waals surface area contributed by atoms with Crippen LogP contribution in [0.1, 0.15) is 40.5 Å². The molecule has 1 saturated heterocycles. The van der Waals surface area contributed by atoms with Gasteiger partial charge in [0, 0.05) is 0 Å². The molecule has 17 heavy (non-hydrogen) atoms. The van der Waals surface area contributed by atoms with Crippen LogP contribution >= 0.6 is 0 Å². The average molecular weight is 241 g/mol. The molecule has 0 saturated carbocycles. The van der Waals surface area contributed by atoms with E-state index < -0.39 is 17.1 Å². The molecule has 1 aliphatic rings. The highest BCUT2D eigenvalue weighted by molar-refractivity contribution is 5.94. The Kier molecular flexibility index (Phi) is 4.14. The van der Waals surface area contributed by atoms with Gasteiger partial charge in [0.1, 0.15) is 5.60 Å². The molecule has 97 valence electrons. The third-order valence-corrected chi connectivity index (χ3v) is 2.81. The predicted octanol–water partition coefficient (Wildman–Crippen LogP) is 1.44. The molecule has 0 atom stereocenters. The van der Waals surface area contributed by atoms with Crippen molar-refractivity contribution in [3.8, 4) is 0 Å². The van der Waals surface area contributed by atoms with Crippen molar-refractivity contribution in [2.45, 2.75) is 46.1 Å². The van der Waals surface area contributed by atoms with Crippen LogP contribution in [0.5, 0.6) is 0 Å². The summed E-state index contributed by atoms with van der Waals surface area (Å²) < 4.78 is 5.00. The van der Waals surface area contributed by atoms with E-state index in [1.165, 1.54) is 0 Å². The highest BCUT2D eigenvalue weighted by atomic mass is 16.6. The Morgan fingerprint density at radius 2 is 1.76 bits per heavy atom. The first-order valence-electron chi connectivity index (χ1n) is 5.93. The number of nitrogens with zero attached hydrogens (tertiary/aromatic N) is 1. The Balaban J connectivity index is 2.51. The normalized spacial score (nSPS) is 19.5. The Labute approximate surface area is 102 Å². The van der Waals surface area contributed by atoms with Gasteiger partial charge in [-0.15, -0.1) is 5.32 Å². The summed E-state index contributed by atoms with van der Waals surface area (Å²) in [5.41, 5.74) is -1.14. The number of nitrogens with one attached hydrogen (secondary N) is 1. The van der Waals surface area contributed by atoms with Crippen LogP contribution in [0, 0.1) is 5.41 Å². The summed E-state index contributed by atoms with van der Waals surface area (Å²) in [6.07, 6.45) is 0.623. The van der Waals surface area contributed by atoms with Crippen molar-refractivity contribution in [1.29, 1.82) is 0 Å². The molecular formula is C12H21N2O3. The van der Waals surface area contributed by atoms with Crippen LogP contribution in [0.25, 0.3) is 0 Å². The van der Waals surface area contributed by atoms with Gasteiger partial charge >= 0.3 is 6.09 Å². The zero-order valence-electron chi connectivity index (χ0n) is 11.0. The lowest BCUT2D eigenvalue weighted by molar-refractivity contribution is -0.131. The van der Waals surface area contributed by atoms with Crippen LogP contribution in [0.4, 0.5) is 4.79 Å². The Morgan fingerprint density at radius 3 is 2.24 bits per heavy atom. The minimum atomic E-state index is -0.790. The number of rotatable bonds is 1. The number of amides is 2. The molecule has 2 amide bonds. The lowest BCUT2D eigenvalue weighted by atomic mass is 9.80. The zero-order valence-corrected chi connectivity index (χ0v) is 11.0. The van der Waals surface area contributed by atoms with E-state index >= 15 is 0 Å². The molecule has 1 radical (unpaired) electrons. The number of piperidine rings is 1. The molecule has 5 heteroatoms. The monoisotopic (exact) mass is 241 g/mol. The third kappa shape index (κ3) is 4.34. The fourth-order valence-corrected chi connectivity index (χ4v) is 1.70. The van der Waals surface area contributed by atoms with E-state index in [1.54, 1.807) is 20.8 Å². The molecule has 0 aromatic heterocycles. The number of ether oxygens (including phenoxy) is 1. The van der Waals surface area contributed by atoms with Crippen LogP contribution in [-0.4, -0.2) is 30.7 Å². The minimum Gasteiger partial charge on any atom is -0.442 e. The van der Waals surface area contributed by atoms with Gasteiger partial charge in [0.05, 0.1) is 5.41 Å². The van der Waals surface area contributed by atoms with Gasteiger partial charge in [-0.2, -0.15) is 0 Å². The topological polar surface area (TPSA) is 69.5 Å². The second kappa shape index (κ2) is 5.04. The summed E-state index contributed by atoms with van der Waals surface area (Å²) in [6, 6.07) is 0. The van der Waals surface area contributed by atoms with Crippen molar-refractivity contribution < 1.29 is 14.3 Å². The molecule has 1 rings (SSSR count). The molecule has 0 spiro atoms. The van der Waals surface area contributed by atoms with Crippen LogP contribution < -0.4 is 10.6 Å². The average Bonchev–Trinajstić information content (AvgIpc) is 2.15. The molecule has 1 N–H and O–H groups in total. The quantitative estimate of drug-likeness (QED) is 0.754. The van der Waals surface area contributed by atoms with Gasteiger partial charge < -0.3 is 10.1 Å². The zero-order chi connectivity index (χ0) is 13.1. The van der Waals surface area contributed by atoms with Gasteiger partial charge in [-0.25, -0.2) is 4.79 Å². The lowest BCUT2D eigenvalue weighted by Crippen LogP contribution is -2.45. The Hall–Kier alpha value is -1.10. The maximum atomic E-state index is 11.9. The number of carbonyl (C=O) groups is 2. The molecule has 0 aromatic carbocycles. The SMILES string of the molecule is CC(C)(C)OC(=O)[N]C(=O)C1(C)CCNCC1. The number of hydrogen-bond acceptors (Lipinski definition) is 4. The molecule has 1 heterocycles. The van der Waals surface area contributed by atoms with Crippen LogP contribution in [-0.2, 0) is 9.53 Å². The van der Waals surface area contributed by atoms with Gasteiger partial charge in [-0.3, -0.25) is 4.79 Å². The van der Waals surface area contributed by atoms with Crippen molar-refractivity contribution in [1.82, 2.24) is 10.6 Å². The van der Waals surface area contributed by atoms with Crippen LogP contribution in [0.3, 0.4) is 0 Å². The predicted molar refractivity (Wildman–Crippen MR) is 63.6 cm³/mol. The molecule has 1 aliphatic heterocycles. The maximum absolute atomic E-state index is 11.9. The largest absolute Gasteiger partial charge is 0.442 e. The molecule has 0 aromatic rings. The lowest BCUT2D eigenvalue weighted by Gasteiger charge is -2.31. The highest BCUT2D eigenvalue weighted by Crippen LogP contribution is 2.28. The number of imide groups is 1. The van der Waals surface area contributed by atoms with E-state index in [9.17, 15) is 9.59 Å². The van der Waals surface area contributed by atoms with E-state index in [1.807, 2.05) is 6.92 Å². The van der Waals surface area contributed by atoms with Gasteiger partial charge in [0.2, 0.25) is 0 Å². The van der Waals surface area contributed by atoms with Crippen LogP contribution in [0.15, 0.2) is 0 Å². The first-order chi connectivity index (χ1) is 7.73. The standard InChI is InChI=1S/C12H21N2O3/c1-11(2,3)17-10(16)14-9(15)12(4)5-7-13-8-6-12/h13H,5-8H2,1-4H3. The Morgan fingerprint density at radius 1 is 1.24 bits per heavy atom. The highest BCUT2D eigenvalue weighted by Gasteiger charge is 2.37. The first kappa shape index (κ1) is 14.0. The van der Waals surface area contributed by atoms with Crippen molar-refractivity contribution in [2.75, 3.05) is 13.1 Å². The van der Waals surface area contributed by atoms with Crippen molar-refractivity contribution in [3.63, 3.8) is 0 Å². The molecule has 0 bridgehead atoms. The van der Waals surface area contributed by atoms with Crippen molar-refractivity contribution in [2.24, 2.45) is 5.41 Å². The molecule has 5 nitrogen and oxygen atoms in total. The Bertz CT molecular complexity index is 301. The summed E-state index contributed by atoms with van der Waals surface area (Å²) >= 11 is 0. The smallest absolute Gasteiger partial charge is 0.437 e. The van der Waals surface area contributed by atoms with Crippen molar-refractivity contribution in [3.05, 3.63) is 0 Å². The second-order valence-electron chi connectivity index (χ2n) is 5.71. The first-order valence-corrected chi connectivity index (χ1v) is 5.93. The van der Waals surface area contributed by atoms with E-state index in [2.05, 4.69) is 10.6 Å².